The van der Waals surface area contributed by atoms with Gasteiger partial charge in [0, 0.05) is 70.2 Å². The number of rotatable bonds is 5. The number of Topliss-reactive ketones (excluding diaryl/α,β-unsaturated/α-hetero) is 4. The molecule has 21 heteroatoms. The summed E-state index contributed by atoms with van der Waals surface area (Å²) in [4.78, 5) is 119. The number of hydrogen-bond acceptors (Lipinski definition) is 16. The Morgan fingerprint density at radius 1 is 0.547 bits per heavy atom. The van der Waals surface area contributed by atoms with Gasteiger partial charge in [-0.15, -0.1) is 0 Å². The number of piperidine rings is 2. The maximum atomic E-state index is 13.1. The van der Waals surface area contributed by atoms with Crippen LogP contribution in [0.25, 0.3) is 0 Å². The van der Waals surface area contributed by atoms with Gasteiger partial charge in [0.1, 0.15) is 40.3 Å². The summed E-state index contributed by atoms with van der Waals surface area (Å²) >= 11 is 3.12. The Bertz CT molecular complexity index is 2390. The van der Waals surface area contributed by atoms with Gasteiger partial charge in [0.2, 0.25) is 0 Å². The van der Waals surface area contributed by atoms with E-state index in [1.54, 1.807) is 9.80 Å². The zero-order chi connectivity index (χ0) is 57.0. The monoisotopic (exact) mass is 1370 g/mol. The van der Waals surface area contributed by atoms with Gasteiger partial charge in [0.25, 0.3) is 0 Å². The number of esters is 2. The van der Waals surface area contributed by atoms with Crippen molar-refractivity contribution in [1.82, 2.24) is 9.80 Å². The van der Waals surface area contributed by atoms with E-state index in [0.717, 1.165) is 36.8 Å². The predicted molar refractivity (Wildman–Crippen MR) is 286 cm³/mol. The van der Waals surface area contributed by atoms with Crippen LogP contribution in [-0.2, 0) is 57.9 Å². The Kier molecular flexibility index (Phi) is 23.9. The van der Waals surface area contributed by atoms with E-state index in [0.29, 0.717) is 83.3 Å². The van der Waals surface area contributed by atoms with Crippen LogP contribution in [0.1, 0.15) is 161 Å². The second-order valence-electron chi connectivity index (χ2n) is 21.8. The van der Waals surface area contributed by atoms with Crippen LogP contribution in [-0.4, -0.2) is 130 Å². The molecule has 2 spiro atoms. The minimum Gasteiger partial charge on any atom is -0.444 e. The van der Waals surface area contributed by atoms with E-state index in [1.165, 1.54) is 27.7 Å². The molecule has 414 valence electrons. The Hall–Kier alpha value is -4.58. The molecule has 2 amide bonds. The van der Waals surface area contributed by atoms with E-state index < -0.39 is 65.1 Å². The van der Waals surface area contributed by atoms with Crippen LogP contribution in [0, 0.1) is 38.5 Å². The maximum absolute atomic E-state index is 13.1. The standard InChI is InChI=1S/C23H30BrNO4.C15H23NO4.C8H9BrO.C4H6O3.2C2H4O2.Pb.H/c1-14-10-16(24)11-15(2)19(14)20-17(26)12-23(13-18(20)27)6-8-25(9-7-23)21(28)29-22(3,4)5;1-14(2,3)20-13(19)16-6-4-15(5-7-16)9-11(17)8-12(18)10-15;1-5-3-7(9)4-6(2)8(5)10;1-3(5)7-4(2)6;2*1-2(3)4;;/h10-11,20H,6-9,12-13H2,1-5H3;4-10H2,1-3H3;3-4,10H,1-2H3;1-2H3;2*1H3,(H,3,4);;/q;;;;;;+3;/p-3. The summed E-state index contributed by atoms with van der Waals surface area (Å²) in [6, 6.07) is 7.70. The van der Waals surface area contributed by atoms with Crippen molar-refractivity contribution in [2.75, 3.05) is 26.2 Å². The number of amides is 2. The van der Waals surface area contributed by atoms with Gasteiger partial charge < -0.3 is 24.0 Å². The Balaban J connectivity index is 0.000000286. The molecule has 2 saturated carbocycles. The SMILES string of the molecule is CC(=O)OC(C)=O.CC(=O)[O][PbH]([O]C(C)=O)[O]c1c(C)cc(Br)cc1C.CC(C)(C)OC(=O)N1CCC2(CC1)CC(=O)CC(=O)C2.Cc1cc(Br)cc(C)c1C1C(=O)CC2(CCN(C(=O)OC(C)(C)C)CC2)CC1=O. The van der Waals surface area contributed by atoms with Gasteiger partial charge in [-0.05, 0) is 121 Å². The predicted octanol–water partition coefficient (Wildman–Crippen LogP) is 9.81. The molecule has 2 saturated heterocycles. The first-order valence-corrected chi connectivity index (χ1v) is 31.9. The van der Waals surface area contributed by atoms with Gasteiger partial charge in [0.15, 0.2) is 0 Å². The van der Waals surface area contributed by atoms with E-state index in [9.17, 15) is 47.9 Å². The molecule has 2 aliphatic carbocycles. The third kappa shape index (κ3) is 21.4. The molecule has 2 aliphatic heterocycles. The first kappa shape index (κ1) is 64.7. The molecule has 0 atom stereocenters. The summed E-state index contributed by atoms with van der Waals surface area (Å²) < 4.78 is 32.4. The molecule has 6 rings (SSSR count). The minimum atomic E-state index is -3.75. The number of benzene rings is 2. The first-order chi connectivity index (χ1) is 34.5. The topological polar surface area (TPSA) is 233 Å². The van der Waals surface area contributed by atoms with Gasteiger partial charge in [0.05, 0.1) is 6.42 Å². The molecule has 4 fully saturated rings. The molecule has 4 aliphatic rings. The number of carbonyl (C=O) groups is 10. The quantitative estimate of drug-likeness (QED) is 0.117. The summed E-state index contributed by atoms with van der Waals surface area (Å²) in [6.45, 7) is 25.8. The van der Waals surface area contributed by atoms with E-state index in [4.69, 9.17) is 17.5 Å². The molecule has 0 unspecified atom stereocenters. The largest absolute Gasteiger partial charge is 0.444 e. The molecular formula is C54H74Br2N2O16Pb. The number of ketones is 4. The average Bonchev–Trinajstić information content (AvgIpc) is 3.21. The van der Waals surface area contributed by atoms with Gasteiger partial charge in [-0.3, -0.25) is 28.8 Å². The molecule has 2 heterocycles. The van der Waals surface area contributed by atoms with Gasteiger partial charge in [-0.1, -0.05) is 15.9 Å². The Morgan fingerprint density at radius 3 is 1.19 bits per heavy atom. The number of carbonyl (C=O) groups excluding carboxylic acids is 10. The van der Waals surface area contributed by atoms with Crippen LogP contribution >= 0.6 is 31.9 Å². The van der Waals surface area contributed by atoms with E-state index >= 15 is 0 Å². The number of aryl methyl sites for hydroxylation is 4. The number of halogens is 2. The minimum absolute atomic E-state index is 0.0143. The van der Waals surface area contributed by atoms with Crippen molar-refractivity contribution in [2.45, 2.75) is 172 Å². The smallest absolute Gasteiger partial charge is 0.410 e. The Labute approximate surface area is 467 Å². The van der Waals surface area contributed by atoms with Crippen molar-refractivity contribution in [2.24, 2.45) is 10.8 Å². The zero-order valence-electron chi connectivity index (χ0n) is 45.8. The summed E-state index contributed by atoms with van der Waals surface area (Å²) in [7, 11) is 0. The molecule has 0 radical (unpaired) electrons. The van der Waals surface area contributed by atoms with E-state index in [2.05, 4.69) is 36.6 Å². The fourth-order valence-corrected chi connectivity index (χ4v) is 15.8. The Morgan fingerprint density at radius 2 is 0.880 bits per heavy atom. The second kappa shape index (κ2) is 27.6. The molecule has 0 N–H and O–H groups in total. The third-order valence-corrected chi connectivity index (χ3v) is 19.2. The van der Waals surface area contributed by atoms with Crippen LogP contribution in [0.2, 0.25) is 0 Å². The van der Waals surface area contributed by atoms with Crippen LogP contribution < -0.4 is 2.69 Å². The maximum Gasteiger partial charge on any atom is 0.410 e. The van der Waals surface area contributed by atoms with Gasteiger partial charge in [-0.2, -0.15) is 0 Å². The number of ether oxygens (including phenoxy) is 3. The fraction of sp³-hybridized carbons (Fsp3) is 0.593. The van der Waals surface area contributed by atoms with Crippen molar-refractivity contribution in [1.29, 1.82) is 0 Å². The van der Waals surface area contributed by atoms with Crippen LogP contribution in [0.3, 0.4) is 0 Å². The van der Waals surface area contributed by atoms with Crippen molar-refractivity contribution < 1.29 is 70.2 Å². The molecule has 18 nitrogen and oxygen atoms in total. The molecule has 0 bridgehead atoms. The second-order valence-corrected chi connectivity index (χ2v) is 28.6. The zero-order valence-corrected chi connectivity index (χ0v) is 53.5. The molecule has 2 aromatic carbocycles. The van der Waals surface area contributed by atoms with Crippen LogP contribution in [0.4, 0.5) is 9.59 Å². The molecule has 2 aromatic rings. The van der Waals surface area contributed by atoms with Gasteiger partial charge >= 0.3 is 155 Å². The summed E-state index contributed by atoms with van der Waals surface area (Å²) in [5.41, 5.74) is 3.03. The normalized spacial score (nSPS) is 17.3. The molecule has 0 aromatic heterocycles. The van der Waals surface area contributed by atoms with E-state index in [-0.39, 0.29) is 52.6 Å². The van der Waals surface area contributed by atoms with Crippen molar-refractivity contribution in [3.63, 3.8) is 0 Å². The van der Waals surface area contributed by atoms with Crippen molar-refractivity contribution >= 4 is 115 Å². The summed E-state index contributed by atoms with van der Waals surface area (Å²) in [5.74, 6) is -2.05. The van der Waals surface area contributed by atoms with Crippen LogP contribution in [0.15, 0.2) is 33.2 Å². The number of nitrogens with zero attached hydrogens (tertiary/aromatic N) is 2. The van der Waals surface area contributed by atoms with Crippen LogP contribution in [0.5, 0.6) is 5.75 Å². The summed E-state index contributed by atoms with van der Waals surface area (Å²) in [5, 5.41) is 0. The molecular weight excluding hydrogens is 1300 g/mol. The number of likely N-dealkylation sites (tertiary alicyclic amines) is 2. The number of hydrogen-bond donors (Lipinski definition) is 0. The van der Waals surface area contributed by atoms with Gasteiger partial charge in [-0.25, -0.2) is 9.59 Å². The average molecular weight is 1370 g/mol. The molecule has 75 heavy (non-hydrogen) atoms. The third-order valence-electron chi connectivity index (χ3n) is 12.5. The fourth-order valence-electron chi connectivity index (χ4n) is 9.54. The van der Waals surface area contributed by atoms with Crippen molar-refractivity contribution in [3.05, 3.63) is 61.0 Å². The van der Waals surface area contributed by atoms with Crippen molar-refractivity contribution in [3.8, 4) is 5.75 Å². The summed E-state index contributed by atoms with van der Waals surface area (Å²) in [6.07, 6.45) is 4.00. The van der Waals surface area contributed by atoms with E-state index in [1.807, 2.05) is 93.5 Å². The first-order valence-electron chi connectivity index (χ1n) is 24.8.